The lowest BCUT2D eigenvalue weighted by Gasteiger charge is -2.34. The molecule has 0 unspecified atom stereocenters. The first-order valence-electron chi connectivity index (χ1n) is 26.8. The number of nitrogens with zero attached hydrogens (tertiary/aromatic N) is 2. The van der Waals surface area contributed by atoms with E-state index in [0.717, 1.165) is 89.1 Å². The maximum atomic E-state index is 7.57. The van der Waals surface area contributed by atoms with Gasteiger partial charge < -0.3 is 18.6 Å². The smallest absolute Gasteiger partial charge is 0.160 e. The van der Waals surface area contributed by atoms with Gasteiger partial charge in [-0.3, -0.25) is 0 Å². The first kappa shape index (κ1) is 46.0. The Morgan fingerprint density at radius 2 is 0.724 bits per heavy atom. The predicted octanol–water partition coefficient (Wildman–Crippen LogP) is 20.2. The molecule has 0 saturated heterocycles. The highest BCUT2D eigenvalue weighted by molar-refractivity contribution is 6.26. The van der Waals surface area contributed by atoms with E-state index < -0.39 is 5.41 Å². The number of anilines is 6. The number of benzene rings is 10. The van der Waals surface area contributed by atoms with Gasteiger partial charge in [-0.2, -0.15) is 0 Å². The van der Waals surface area contributed by atoms with Crippen molar-refractivity contribution in [3.05, 3.63) is 247 Å². The van der Waals surface area contributed by atoms with Crippen LogP contribution in [0.4, 0.5) is 34.1 Å². The summed E-state index contributed by atoms with van der Waals surface area (Å²) in [4.78, 5) is 5.00. The van der Waals surface area contributed by atoms with Gasteiger partial charge in [0.05, 0.1) is 22.2 Å². The number of hydrogen-bond acceptors (Lipinski definition) is 4. The van der Waals surface area contributed by atoms with Gasteiger partial charge in [-0.15, -0.1) is 0 Å². The monoisotopic (exact) mass is 984 g/mol. The zero-order chi connectivity index (χ0) is 52.2. The molecule has 2 aliphatic carbocycles. The molecule has 4 heteroatoms. The van der Waals surface area contributed by atoms with Crippen molar-refractivity contribution in [1.29, 1.82) is 0 Å². The Kier molecular flexibility index (Phi) is 9.95. The highest BCUT2D eigenvalue weighted by atomic mass is 16.3. The third-order valence-corrected chi connectivity index (χ3v) is 18.0. The number of aryl methyl sites for hydroxylation is 8. The number of furan rings is 2. The standard InChI is InChI=1S/C72H60N2O2/c1-39-28-29-50(30-40(39)2)73(51-31-41(3)47(9)42(4)32-51)63-38-60-68(67-57-23-15-19-27-65(57)75-70(63)67)69-61(72(60)58-24-16-12-20-54(58)55-21-13-17-25-59(55)72)37-62(66-56-22-14-18-26-64(56)76-71(66)69)74(52-33-43(5)48(10)44(6)34-52)53-35-45(7)49(11)46(8)36-53/h12-38H,1-11H3. The van der Waals surface area contributed by atoms with Crippen molar-refractivity contribution in [1.82, 2.24) is 0 Å². The summed E-state index contributed by atoms with van der Waals surface area (Å²) in [5, 5.41) is 4.31. The Balaban J connectivity index is 1.22. The maximum absolute atomic E-state index is 7.57. The van der Waals surface area contributed by atoms with E-state index in [0.29, 0.717) is 0 Å². The van der Waals surface area contributed by atoms with Crippen LogP contribution < -0.4 is 9.80 Å². The van der Waals surface area contributed by atoms with Crippen molar-refractivity contribution in [2.24, 2.45) is 0 Å². The summed E-state index contributed by atoms with van der Waals surface area (Å²) in [6.45, 7) is 24.6. The van der Waals surface area contributed by atoms with Gasteiger partial charge in [-0.1, -0.05) is 91.0 Å². The first-order valence-corrected chi connectivity index (χ1v) is 26.8. The molecule has 0 atom stereocenters. The van der Waals surface area contributed by atoms with E-state index >= 15 is 0 Å². The molecule has 0 amide bonds. The molecule has 4 nitrogen and oxygen atoms in total. The van der Waals surface area contributed by atoms with Crippen molar-refractivity contribution in [3.8, 4) is 22.3 Å². The van der Waals surface area contributed by atoms with E-state index in [1.165, 1.54) is 94.6 Å². The summed E-state index contributed by atoms with van der Waals surface area (Å²) in [5.41, 5.74) is 32.6. The normalized spacial score (nSPS) is 13.0. The van der Waals surface area contributed by atoms with Gasteiger partial charge in [-0.25, -0.2) is 0 Å². The van der Waals surface area contributed by atoms with Crippen molar-refractivity contribution in [3.63, 3.8) is 0 Å². The maximum Gasteiger partial charge on any atom is 0.160 e. The summed E-state index contributed by atoms with van der Waals surface area (Å²) >= 11 is 0. The quantitative estimate of drug-likeness (QED) is 0.166. The molecule has 12 aromatic rings. The fraction of sp³-hybridized carbons (Fsp3) is 0.167. The van der Waals surface area contributed by atoms with E-state index in [4.69, 9.17) is 8.83 Å². The number of fused-ring (bicyclic) bond motifs is 18. The number of para-hydroxylation sites is 2. The van der Waals surface area contributed by atoms with Gasteiger partial charge in [0.25, 0.3) is 0 Å². The third-order valence-electron chi connectivity index (χ3n) is 18.0. The SMILES string of the molecule is Cc1ccc(N(c2cc(C)c(C)c(C)c2)c2cc3c(c4c2oc2ccccc24)-c2c(cc(N(c4cc(C)c(C)c(C)c4)c4cc(C)c(C)c(C)c4)c4c2oc2ccccc24)C32c3ccccc3-c3ccccc32)cc1C. The molecule has 0 fully saturated rings. The zero-order valence-corrected chi connectivity index (χ0v) is 45.3. The molecule has 76 heavy (non-hydrogen) atoms. The number of rotatable bonds is 6. The van der Waals surface area contributed by atoms with E-state index in [-0.39, 0.29) is 0 Å². The lowest BCUT2D eigenvalue weighted by Crippen LogP contribution is -2.26. The second-order valence-corrected chi connectivity index (χ2v) is 22.1. The summed E-state index contributed by atoms with van der Waals surface area (Å²) in [5.74, 6) is 0. The van der Waals surface area contributed by atoms with Crippen LogP contribution in [0, 0.1) is 76.2 Å². The van der Waals surface area contributed by atoms with Gasteiger partial charge in [0, 0.05) is 50.0 Å². The van der Waals surface area contributed by atoms with E-state index in [9.17, 15) is 0 Å². The summed E-state index contributed by atoms with van der Waals surface area (Å²) in [7, 11) is 0. The van der Waals surface area contributed by atoms with Gasteiger partial charge in [0.15, 0.2) is 5.58 Å². The molecule has 0 saturated carbocycles. The second kappa shape index (κ2) is 16.4. The number of hydrogen-bond donors (Lipinski definition) is 0. The van der Waals surface area contributed by atoms with Crippen LogP contribution in [0.2, 0.25) is 0 Å². The molecule has 1 spiro atoms. The van der Waals surface area contributed by atoms with E-state index in [2.05, 4.69) is 250 Å². The van der Waals surface area contributed by atoms with E-state index in [1.807, 2.05) is 0 Å². The van der Waals surface area contributed by atoms with Crippen molar-refractivity contribution < 1.29 is 8.83 Å². The van der Waals surface area contributed by atoms with Crippen LogP contribution in [0.1, 0.15) is 83.5 Å². The second-order valence-electron chi connectivity index (χ2n) is 22.1. The molecule has 370 valence electrons. The van der Waals surface area contributed by atoms with Gasteiger partial charge >= 0.3 is 0 Å². The van der Waals surface area contributed by atoms with Gasteiger partial charge in [-0.05, 0) is 244 Å². The summed E-state index contributed by atoms with van der Waals surface area (Å²) < 4.78 is 15.0. The Morgan fingerprint density at radius 3 is 1.24 bits per heavy atom. The average Bonchev–Trinajstić information content (AvgIpc) is 4.08. The Morgan fingerprint density at radius 1 is 0.316 bits per heavy atom. The summed E-state index contributed by atoms with van der Waals surface area (Å²) in [6, 6.07) is 61.7. The van der Waals surface area contributed by atoms with Gasteiger partial charge in [0.2, 0.25) is 0 Å². The molecular weight excluding hydrogens is 925 g/mol. The molecule has 2 aromatic heterocycles. The minimum Gasteiger partial charge on any atom is -0.455 e. The molecule has 0 N–H and O–H groups in total. The van der Waals surface area contributed by atoms with Crippen LogP contribution in [0.25, 0.3) is 66.1 Å². The van der Waals surface area contributed by atoms with Crippen LogP contribution in [0.3, 0.4) is 0 Å². The fourth-order valence-corrected chi connectivity index (χ4v) is 13.3. The van der Waals surface area contributed by atoms with Crippen LogP contribution in [0.15, 0.2) is 173 Å². The third kappa shape index (κ3) is 6.25. The van der Waals surface area contributed by atoms with Crippen LogP contribution in [-0.2, 0) is 5.41 Å². The zero-order valence-electron chi connectivity index (χ0n) is 45.3. The average molecular weight is 985 g/mol. The Hall–Kier alpha value is -8.60. The Labute approximate surface area is 445 Å². The van der Waals surface area contributed by atoms with Crippen LogP contribution in [-0.4, -0.2) is 0 Å². The summed E-state index contributed by atoms with van der Waals surface area (Å²) in [6.07, 6.45) is 0. The largest absolute Gasteiger partial charge is 0.455 e. The highest BCUT2D eigenvalue weighted by Gasteiger charge is 2.54. The van der Waals surface area contributed by atoms with Crippen LogP contribution in [0.5, 0.6) is 0 Å². The Bertz CT molecular complexity index is 4330. The lowest BCUT2D eigenvalue weighted by molar-refractivity contribution is 0.668. The van der Waals surface area contributed by atoms with Crippen LogP contribution >= 0.6 is 0 Å². The minimum atomic E-state index is -0.793. The van der Waals surface area contributed by atoms with Crippen molar-refractivity contribution >= 4 is 78.0 Å². The predicted molar refractivity (Wildman–Crippen MR) is 319 cm³/mol. The van der Waals surface area contributed by atoms with Crippen molar-refractivity contribution in [2.45, 2.75) is 81.6 Å². The topological polar surface area (TPSA) is 32.8 Å². The van der Waals surface area contributed by atoms with Crippen molar-refractivity contribution in [2.75, 3.05) is 9.80 Å². The van der Waals surface area contributed by atoms with Gasteiger partial charge in [0.1, 0.15) is 16.7 Å². The molecule has 0 radical (unpaired) electrons. The molecular formula is C72H60N2O2. The molecule has 14 rings (SSSR count). The van der Waals surface area contributed by atoms with E-state index in [1.54, 1.807) is 0 Å². The first-order chi connectivity index (χ1) is 36.7. The highest BCUT2D eigenvalue weighted by Crippen LogP contribution is 2.68. The molecule has 2 aliphatic rings. The fourth-order valence-electron chi connectivity index (χ4n) is 13.3. The lowest BCUT2D eigenvalue weighted by atomic mass is 9.70. The molecule has 0 bridgehead atoms. The minimum absolute atomic E-state index is 0.793. The molecule has 0 aliphatic heterocycles. The molecule has 2 heterocycles. The molecule has 10 aromatic carbocycles.